The second-order valence-electron chi connectivity index (χ2n) is 9.77. The summed E-state index contributed by atoms with van der Waals surface area (Å²) in [5.74, 6) is -2.31. The monoisotopic (exact) mass is 661 g/mol. The standard InChI is InChI=1S/C28H32N6O13/c1-2-3-13-46-47-30-12-5-4-6-19-27(41)33-21(26(40)29-16-24(37)38)11-14-45-22-9-7-17(34(43)44)15-18(22)25(39)31-20(28(42)32-19)8-10-23(35)36/h1,7,9,15,19-21,30H,4-6,8,10-12,14,16H2,(H,29,40)(H,31,39)(H,32,42)(H,33,41)(H,35,36)(H,37,38)/p+1. The molecule has 0 fully saturated rings. The number of benzene rings is 1. The van der Waals surface area contributed by atoms with Crippen molar-refractivity contribution in [2.75, 3.05) is 19.7 Å². The third-order valence-corrected chi connectivity index (χ3v) is 6.38. The fourth-order valence-corrected chi connectivity index (χ4v) is 4.09. The molecule has 0 radical (unpaired) electrons. The molecule has 0 spiro atoms. The first kappa shape index (κ1) is 37.3. The van der Waals surface area contributed by atoms with E-state index in [1.165, 1.54) is 5.48 Å². The van der Waals surface area contributed by atoms with E-state index < -0.39 is 83.7 Å². The number of carboxylic acids is 2. The van der Waals surface area contributed by atoms with Gasteiger partial charge in [-0.15, -0.1) is 6.42 Å². The van der Waals surface area contributed by atoms with Crippen molar-refractivity contribution in [2.24, 2.45) is 0 Å². The van der Waals surface area contributed by atoms with Crippen LogP contribution in [0, 0.1) is 34.5 Å². The van der Waals surface area contributed by atoms with Crippen LogP contribution in [0.3, 0.4) is 0 Å². The van der Waals surface area contributed by atoms with Gasteiger partial charge >= 0.3 is 11.9 Å². The van der Waals surface area contributed by atoms with E-state index in [0.29, 0.717) is 19.4 Å². The molecule has 3 atom stereocenters. The number of hydrogen-bond acceptors (Lipinski definition) is 11. The number of nitro groups is 1. The number of carbonyl (C=O) groups excluding carboxylic acids is 4. The van der Waals surface area contributed by atoms with Crippen LogP contribution in [0.1, 0.15) is 48.9 Å². The number of amides is 4. The Balaban J connectivity index is 2.38. The number of hydroxylamine groups is 1. The molecule has 252 valence electrons. The maximum absolute atomic E-state index is 13.4. The van der Waals surface area contributed by atoms with Crippen LogP contribution in [0.2, 0.25) is 0 Å². The number of rotatable bonds is 14. The molecule has 1 aliphatic rings. The van der Waals surface area contributed by atoms with E-state index >= 15 is 0 Å². The summed E-state index contributed by atoms with van der Waals surface area (Å²) in [4.78, 5) is 95.0. The zero-order chi connectivity index (χ0) is 34.8. The van der Waals surface area contributed by atoms with Gasteiger partial charge in [0.15, 0.2) is 6.11 Å². The van der Waals surface area contributed by atoms with Crippen molar-refractivity contribution in [3.05, 3.63) is 33.9 Å². The summed E-state index contributed by atoms with van der Waals surface area (Å²) in [5, 5.41) is 39.0. The Morgan fingerprint density at radius 2 is 1.81 bits per heavy atom. The second kappa shape index (κ2) is 19.5. The highest BCUT2D eigenvalue weighted by Gasteiger charge is 2.32. The summed E-state index contributed by atoms with van der Waals surface area (Å²) in [6.45, 7) is -0.770. The Morgan fingerprint density at radius 3 is 2.49 bits per heavy atom. The average molecular weight is 662 g/mol. The lowest BCUT2D eigenvalue weighted by Gasteiger charge is -2.26. The van der Waals surface area contributed by atoms with Crippen LogP contribution in [0.15, 0.2) is 18.2 Å². The van der Waals surface area contributed by atoms with Gasteiger partial charge in [-0.3, -0.25) is 38.9 Å². The fraction of sp³-hybridized carbons (Fsp3) is 0.429. The quantitative estimate of drug-likeness (QED) is 0.0364. The maximum atomic E-state index is 13.4. The van der Waals surface area contributed by atoms with E-state index in [9.17, 15) is 44.0 Å². The number of nitrogens with two attached hydrogens (primary N) is 1. The molecule has 0 saturated carbocycles. The molecule has 0 aliphatic carbocycles. The predicted octanol–water partition coefficient (Wildman–Crippen LogP) is -2.30. The molecule has 4 amide bonds. The molecule has 1 aromatic rings. The van der Waals surface area contributed by atoms with Crippen molar-refractivity contribution in [3.63, 3.8) is 0 Å². The fourth-order valence-electron chi connectivity index (χ4n) is 4.09. The van der Waals surface area contributed by atoms with E-state index in [1.54, 1.807) is 0 Å². The normalized spacial score (nSPS) is 18.1. The zero-order valence-corrected chi connectivity index (χ0v) is 24.8. The zero-order valence-electron chi connectivity index (χ0n) is 24.8. The number of nitrogens with one attached hydrogen (secondary N) is 4. The summed E-state index contributed by atoms with van der Waals surface area (Å²) in [6, 6.07) is -1.11. The highest BCUT2D eigenvalue weighted by atomic mass is 17.3. The molecule has 1 aliphatic heterocycles. The van der Waals surface area contributed by atoms with Crippen molar-refractivity contribution in [1.82, 2.24) is 21.3 Å². The number of nitro benzene ring substituents is 1. The van der Waals surface area contributed by atoms with Gasteiger partial charge in [0.25, 0.3) is 11.6 Å². The van der Waals surface area contributed by atoms with E-state index in [0.717, 1.165) is 18.2 Å². The van der Waals surface area contributed by atoms with Gasteiger partial charge in [-0.05, 0) is 37.7 Å². The first-order valence-electron chi connectivity index (χ1n) is 14.1. The van der Waals surface area contributed by atoms with Gasteiger partial charge in [-0.25, -0.2) is 4.89 Å². The van der Waals surface area contributed by atoms with Crippen LogP contribution in [0.25, 0.3) is 0 Å². The van der Waals surface area contributed by atoms with E-state index in [4.69, 9.17) is 21.3 Å². The van der Waals surface area contributed by atoms with Crippen LogP contribution in [-0.4, -0.2) is 88.5 Å². The van der Waals surface area contributed by atoms with Gasteiger partial charge in [-0.2, -0.15) is 5.48 Å². The van der Waals surface area contributed by atoms with Gasteiger partial charge in [0.05, 0.1) is 17.1 Å². The maximum Gasteiger partial charge on any atom is 0.322 e. The number of nitrogens with zero attached hydrogens (tertiary/aromatic N) is 1. The molecular weight excluding hydrogens is 628 g/mol. The summed E-state index contributed by atoms with van der Waals surface area (Å²) in [7, 11) is 0. The molecule has 1 aromatic carbocycles. The summed E-state index contributed by atoms with van der Waals surface area (Å²) in [5.41, 5.74) is 0.437. The molecule has 19 heteroatoms. The molecule has 0 saturated heterocycles. The number of unbranched alkanes of at least 4 members (excludes halogenated alkanes) is 1. The highest BCUT2D eigenvalue weighted by molar-refractivity contribution is 6.01. The van der Waals surface area contributed by atoms with E-state index in [2.05, 4.69) is 38.2 Å². The Bertz CT molecular complexity index is 1450. The lowest BCUT2D eigenvalue weighted by Crippen LogP contribution is -2.82. The van der Waals surface area contributed by atoms with Gasteiger partial charge in [0, 0.05) is 35.9 Å². The minimum absolute atomic E-state index is 0.00222. The van der Waals surface area contributed by atoms with Crippen molar-refractivity contribution in [3.8, 4) is 30.1 Å². The van der Waals surface area contributed by atoms with Gasteiger partial charge in [-0.1, -0.05) is 0 Å². The first-order chi connectivity index (χ1) is 22.4. The molecule has 2 rings (SSSR count). The van der Waals surface area contributed by atoms with E-state index in [1.807, 2.05) is 5.92 Å². The largest absolute Gasteiger partial charge is 0.493 e. The van der Waals surface area contributed by atoms with E-state index in [-0.39, 0.29) is 30.8 Å². The third kappa shape index (κ3) is 13.3. The minimum Gasteiger partial charge on any atom is -0.493 e. The molecule has 47 heavy (non-hydrogen) atoms. The average Bonchev–Trinajstić information content (AvgIpc) is 3.02. The number of non-ortho nitro benzene ring substituents is 1. The number of terminal acetylenes is 1. The third-order valence-electron chi connectivity index (χ3n) is 6.38. The SMILES string of the molecule is C#CC#COO[NH2+]CCCCC1NC(=O)C(CCC(=O)O)NC(=O)c2cc([N+](=O)[O-])ccc2OCCC(C(=O)NCC(=O)O)NC1=O. The molecule has 1 heterocycles. The van der Waals surface area contributed by atoms with Crippen LogP contribution < -0.4 is 31.5 Å². The number of quaternary nitrogens is 1. The molecular formula is C28H33N6O13+. The summed E-state index contributed by atoms with van der Waals surface area (Å²) in [6.07, 6.45) is 6.52. The number of ether oxygens (including phenoxy) is 1. The van der Waals surface area contributed by atoms with Crippen LogP contribution in [0.5, 0.6) is 5.75 Å². The topological polar surface area (TPSA) is 278 Å². The van der Waals surface area contributed by atoms with Crippen LogP contribution in [-0.2, 0) is 33.8 Å². The minimum atomic E-state index is -1.51. The number of carbonyl (C=O) groups is 6. The Labute approximate surface area is 267 Å². The predicted molar refractivity (Wildman–Crippen MR) is 155 cm³/mol. The second-order valence-corrected chi connectivity index (χ2v) is 9.77. The lowest BCUT2D eigenvalue weighted by atomic mass is 10.0. The highest BCUT2D eigenvalue weighted by Crippen LogP contribution is 2.25. The molecule has 3 unspecified atom stereocenters. The number of fused-ring (bicyclic) bond motifs is 1. The summed E-state index contributed by atoms with van der Waals surface area (Å²) >= 11 is 0. The Kier molecular flexibility index (Phi) is 15.4. The van der Waals surface area contributed by atoms with Crippen LogP contribution in [0.4, 0.5) is 5.69 Å². The van der Waals surface area contributed by atoms with Crippen molar-refractivity contribution in [2.45, 2.75) is 56.7 Å². The molecule has 0 bridgehead atoms. The number of hydrogen-bond donors (Lipinski definition) is 7. The van der Waals surface area contributed by atoms with Crippen molar-refractivity contribution in [1.29, 1.82) is 0 Å². The smallest absolute Gasteiger partial charge is 0.322 e. The lowest BCUT2D eigenvalue weighted by molar-refractivity contribution is -0.960. The van der Waals surface area contributed by atoms with Gasteiger partial charge in [0.1, 0.15) is 37.0 Å². The molecule has 0 aromatic heterocycles. The molecule has 8 N–H and O–H groups in total. The Hall–Kier alpha value is -5.92. The Morgan fingerprint density at radius 1 is 1.09 bits per heavy atom. The number of carboxylic acid groups (broad SMARTS) is 2. The summed E-state index contributed by atoms with van der Waals surface area (Å²) < 4.78 is 5.63. The molecule has 19 nitrogen and oxygen atoms in total. The van der Waals surface area contributed by atoms with Crippen molar-refractivity contribution < 1.29 is 64.0 Å². The first-order valence-corrected chi connectivity index (χ1v) is 14.1. The number of aliphatic carboxylic acids is 2. The van der Waals surface area contributed by atoms with Gasteiger partial charge < -0.3 is 36.2 Å². The van der Waals surface area contributed by atoms with Gasteiger partial charge in [0.2, 0.25) is 17.7 Å². The van der Waals surface area contributed by atoms with Crippen LogP contribution >= 0.6 is 0 Å². The van der Waals surface area contributed by atoms with Crippen molar-refractivity contribution >= 4 is 41.3 Å².